The molecule has 3 rings (SSSR count). The second-order valence-electron chi connectivity index (χ2n) is 5.67. The number of ether oxygens (including phenoxy) is 2. The van der Waals surface area contributed by atoms with Crippen LogP contribution in [0.5, 0.6) is 11.5 Å². The number of aromatic nitrogens is 2. The summed E-state index contributed by atoms with van der Waals surface area (Å²) in [5.41, 5.74) is 1.36. The third-order valence-corrected chi connectivity index (χ3v) is 4.02. The molecule has 1 aromatic heterocycles. The lowest BCUT2D eigenvalue weighted by Crippen LogP contribution is -2.07. The standard InChI is InChI=1S/C20H18N4O3S/c1-26-15-7-3-13(4-8-15)11-21-17-18(23-20(28)24-19(17)25)22-12-14-5-9-16(27-2)10-6-14/h3-12H,1-2H3,(H2,23,24,25,28)/b21-11?,22-12+. The van der Waals surface area contributed by atoms with Gasteiger partial charge in [-0.05, 0) is 71.9 Å². The van der Waals surface area contributed by atoms with Crippen molar-refractivity contribution in [3.63, 3.8) is 0 Å². The summed E-state index contributed by atoms with van der Waals surface area (Å²) in [5.74, 6) is 1.76. The lowest BCUT2D eigenvalue weighted by atomic mass is 10.2. The molecule has 2 aromatic carbocycles. The molecule has 1 heterocycles. The molecule has 0 unspecified atom stereocenters. The number of hydrogen-bond donors (Lipinski definition) is 2. The van der Waals surface area contributed by atoms with E-state index >= 15 is 0 Å². The van der Waals surface area contributed by atoms with Gasteiger partial charge in [0.2, 0.25) is 0 Å². The highest BCUT2D eigenvalue weighted by Crippen LogP contribution is 2.21. The highest BCUT2D eigenvalue weighted by Gasteiger charge is 2.06. The Morgan fingerprint density at radius 2 is 1.32 bits per heavy atom. The average molecular weight is 394 g/mol. The molecule has 142 valence electrons. The van der Waals surface area contributed by atoms with Crippen molar-refractivity contribution >= 4 is 36.2 Å². The molecule has 0 aliphatic heterocycles. The molecule has 0 bridgehead atoms. The summed E-state index contributed by atoms with van der Waals surface area (Å²) in [6, 6.07) is 14.6. The van der Waals surface area contributed by atoms with Gasteiger partial charge in [-0.15, -0.1) is 0 Å². The van der Waals surface area contributed by atoms with Crippen molar-refractivity contribution in [2.75, 3.05) is 14.2 Å². The van der Waals surface area contributed by atoms with E-state index in [0.717, 1.165) is 22.6 Å². The number of hydrogen-bond acceptors (Lipinski definition) is 6. The first-order valence-corrected chi connectivity index (χ1v) is 8.72. The van der Waals surface area contributed by atoms with Crippen molar-refractivity contribution in [3.8, 4) is 11.5 Å². The number of rotatable bonds is 6. The van der Waals surface area contributed by atoms with Crippen LogP contribution < -0.4 is 15.0 Å². The number of methoxy groups -OCH3 is 2. The van der Waals surface area contributed by atoms with Crippen LogP contribution >= 0.6 is 12.2 Å². The van der Waals surface area contributed by atoms with Gasteiger partial charge in [-0.25, -0.2) is 9.98 Å². The fourth-order valence-corrected chi connectivity index (χ4v) is 2.53. The van der Waals surface area contributed by atoms with Gasteiger partial charge >= 0.3 is 0 Å². The zero-order chi connectivity index (χ0) is 19.9. The summed E-state index contributed by atoms with van der Waals surface area (Å²) in [6.07, 6.45) is 3.19. The number of nitrogens with zero attached hydrogens (tertiary/aromatic N) is 2. The monoisotopic (exact) mass is 394 g/mol. The van der Waals surface area contributed by atoms with Crippen LogP contribution in [0, 0.1) is 4.77 Å². The van der Waals surface area contributed by atoms with E-state index in [4.69, 9.17) is 21.7 Å². The molecule has 8 heteroatoms. The molecule has 28 heavy (non-hydrogen) atoms. The summed E-state index contributed by atoms with van der Waals surface area (Å²) >= 11 is 5.05. The number of aliphatic imine (C=N–C) groups is 2. The van der Waals surface area contributed by atoms with Crippen LogP contribution in [0.1, 0.15) is 11.1 Å². The van der Waals surface area contributed by atoms with Gasteiger partial charge in [0.1, 0.15) is 11.5 Å². The number of benzene rings is 2. The Labute approximate surface area is 166 Å². The number of nitrogens with one attached hydrogen (secondary N) is 2. The van der Waals surface area contributed by atoms with Crippen molar-refractivity contribution in [3.05, 3.63) is 74.8 Å². The number of H-pyrrole nitrogens is 2. The van der Waals surface area contributed by atoms with Gasteiger partial charge in [-0.1, -0.05) is 0 Å². The smallest absolute Gasteiger partial charge is 0.279 e. The van der Waals surface area contributed by atoms with E-state index in [2.05, 4.69) is 20.0 Å². The highest BCUT2D eigenvalue weighted by molar-refractivity contribution is 7.71. The average Bonchev–Trinajstić information content (AvgIpc) is 2.72. The van der Waals surface area contributed by atoms with Crippen LogP contribution in [0.25, 0.3) is 0 Å². The summed E-state index contributed by atoms with van der Waals surface area (Å²) in [7, 11) is 3.20. The Kier molecular flexibility index (Phi) is 6.13. The zero-order valence-electron chi connectivity index (χ0n) is 15.3. The molecule has 0 radical (unpaired) electrons. The fourth-order valence-electron chi connectivity index (χ4n) is 2.34. The minimum absolute atomic E-state index is 0.133. The second-order valence-corrected chi connectivity index (χ2v) is 6.08. The Bertz CT molecular complexity index is 1110. The van der Waals surface area contributed by atoms with Gasteiger partial charge in [0, 0.05) is 12.4 Å². The molecule has 2 N–H and O–H groups in total. The third-order valence-electron chi connectivity index (χ3n) is 3.82. The van der Waals surface area contributed by atoms with Crippen LogP contribution in [0.2, 0.25) is 0 Å². The van der Waals surface area contributed by atoms with Crippen molar-refractivity contribution in [2.24, 2.45) is 9.98 Å². The predicted octanol–water partition coefficient (Wildman–Crippen LogP) is 3.95. The first-order chi connectivity index (χ1) is 13.6. The molecule has 0 atom stereocenters. The van der Waals surface area contributed by atoms with Crippen molar-refractivity contribution in [1.29, 1.82) is 0 Å². The normalized spacial score (nSPS) is 11.2. The van der Waals surface area contributed by atoms with Gasteiger partial charge in [0.05, 0.1) is 14.2 Å². The molecule has 0 saturated carbocycles. The molecule has 0 spiro atoms. The van der Waals surface area contributed by atoms with E-state index in [9.17, 15) is 4.79 Å². The van der Waals surface area contributed by atoms with Gasteiger partial charge < -0.3 is 14.5 Å². The molecule has 7 nitrogen and oxygen atoms in total. The van der Waals surface area contributed by atoms with E-state index in [-0.39, 0.29) is 16.3 Å². The first kappa shape index (κ1) is 19.2. The van der Waals surface area contributed by atoms with Crippen molar-refractivity contribution in [2.45, 2.75) is 0 Å². The second kappa shape index (κ2) is 8.92. The minimum atomic E-state index is -0.421. The fraction of sp³-hybridized carbons (Fsp3) is 0.100. The summed E-state index contributed by atoms with van der Waals surface area (Å²) in [4.78, 5) is 26.3. The van der Waals surface area contributed by atoms with Gasteiger partial charge in [-0.2, -0.15) is 0 Å². The topological polar surface area (TPSA) is 91.8 Å². The predicted molar refractivity (Wildman–Crippen MR) is 113 cm³/mol. The molecule has 0 amide bonds. The van der Waals surface area contributed by atoms with Gasteiger partial charge in [0.25, 0.3) is 5.56 Å². The quantitative estimate of drug-likeness (QED) is 0.489. The van der Waals surface area contributed by atoms with Crippen molar-refractivity contribution < 1.29 is 9.47 Å². The summed E-state index contributed by atoms with van der Waals surface area (Å²) in [6.45, 7) is 0. The summed E-state index contributed by atoms with van der Waals surface area (Å²) in [5, 5.41) is 0. The van der Waals surface area contributed by atoms with Gasteiger partial charge in [0.15, 0.2) is 16.3 Å². The van der Waals surface area contributed by atoms with Gasteiger partial charge in [-0.3, -0.25) is 9.78 Å². The maximum absolute atomic E-state index is 12.3. The third kappa shape index (κ3) is 4.80. The molecular formula is C20H18N4O3S. The van der Waals surface area contributed by atoms with Crippen LogP contribution in [0.15, 0.2) is 63.3 Å². The van der Waals surface area contributed by atoms with E-state index < -0.39 is 5.56 Å². The van der Waals surface area contributed by atoms with E-state index in [1.54, 1.807) is 26.6 Å². The molecule has 0 aliphatic rings. The Morgan fingerprint density at radius 1 is 0.821 bits per heavy atom. The lowest BCUT2D eigenvalue weighted by molar-refractivity contribution is 0.414. The maximum Gasteiger partial charge on any atom is 0.279 e. The molecule has 3 aromatic rings. The Balaban J connectivity index is 1.92. The zero-order valence-corrected chi connectivity index (χ0v) is 16.1. The highest BCUT2D eigenvalue weighted by atomic mass is 32.1. The molecule has 0 saturated heterocycles. The summed E-state index contributed by atoms with van der Waals surface area (Å²) < 4.78 is 10.4. The largest absolute Gasteiger partial charge is 0.497 e. The minimum Gasteiger partial charge on any atom is -0.497 e. The maximum atomic E-state index is 12.3. The molecule has 0 fully saturated rings. The van der Waals surface area contributed by atoms with E-state index in [1.807, 2.05) is 48.5 Å². The van der Waals surface area contributed by atoms with Crippen LogP contribution in [0.4, 0.5) is 11.5 Å². The SMILES string of the molecule is COc1ccc(C=Nc2c(/N=C/c3ccc(OC)cc3)[nH]c(=S)[nH]c2=O)cc1. The van der Waals surface area contributed by atoms with E-state index in [1.165, 1.54) is 0 Å². The van der Waals surface area contributed by atoms with Crippen molar-refractivity contribution in [1.82, 2.24) is 9.97 Å². The lowest BCUT2D eigenvalue weighted by Gasteiger charge is -2.02. The Morgan fingerprint density at radius 3 is 1.82 bits per heavy atom. The first-order valence-electron chi connectivity index (χ1n) is 8.32. The van der Waals surface area contributed by atoms with Crippen LogP contribution in [-0.2, 0) is 0 Å². The van der Waals surface area contributed by atoms with Crippen LogP contribution in [-0.4, -0.2) is 36.6 Å². The van der Waals surface area contributed by atoms with E-state index in [0.29, 0.717) is 0 Å². The number of aromatic amines is 2. The van der Waals surface area contributed by atoms with Crippen LogP contribution in [0.3, 0.4) is 0 Å². The molecular weight excluding hydrogens is 376 g/mol. The Hall–Kier alpha value is -3.52. The molecule has 0 aliphatic carbocycles.